The van der Waals surface area contributed by atoms with Crippen molar-refractivity contribution in [3.05, 3.63) is 70.8 Å². The molecule has 0 spiro atoms. The predicted octanol–water partition coefficient (Wildman–Crippen LogP) is 5.07. The second-order valence-electron chi connectivity index (χ2n) is 5.60. The molecule has 2 aromatic carbocycles. The van der Waals surface area contributed by atoms with E-state index in [0.717, 1.165) is 32.1 Å². The fourth-order valence-electron chi connectivity index (χ4n) is 2.72. The van der Waals surface area contributed by atoms with Crippen molar-refractivity contribution in [2.75, 3.05) is 0 Å². The highest BCUT2D eigenvalue weighted by molar-refractivity contribution is 7.19. The fourth-order valence-corrected chi connectivity index (χ4v) is 3.65. The number of allylic oxidation sites excluding steroid dienone is 1. The average molecular weight is 330 g/mol. The lowest BCUT2D eigenvalue weighted by Crippen LogP contribution is -2.17. The number of hydrogen-bond acceptors (Lipinski definition) is 4. The molecule has 0 saturated carbocycles. The Labute approximate surface area is 144 Å². The Morgan fingerprint density at radius 2 is 2.00 bits per heavy atom. The first kappa shape index (κ1) is 14.7. The van der Waals surface area contributed by atoms with E-state index in [2.05, 4.69) is 17.1 Å². The monoisotopic (exact) mass is 330 g/mol. The first-order valence-electron chi connectivity index (χ1n) is 7.69. The van der Waals surface area contributed by atoms with Crippen LogP contribution in [0.1, 0.15) is 17.5 Å². The number of nitrogens with zero attached hydrogens (tertiary/aromatic N) is 2. The normalized spacial score (nSPS) is 16.9. The molecule has 0 amide bonds. The highest BCUT2D eigenvalue weighted by atomic mass is 32.1. The maximum absolute atomic E-state index is 9.60. The third-order valence-electron chi connectivity index (χ3n) is 3.97. The lowest BCUT2D eigenvalue weighted by molar-refractivity contribution is 0.257. The van der Waals surface area contributed by atoms with Gasteiger partial charge in [0.25, 0.3) is 0 Å². The van der Waals surface area contributed by atoms with Crippen LogP contribution in [0.4, 0.5) is 0 Å². The van der Waals surface area contributed by atoms with Crippen LogP contribution in [0.2, 0.25) is 0 Å². The molecule has 116 valence electrons. The number of rotatable bonds is 2. The van der Waals surface area contributed by atoms with Crippen molar-refractivity contribution in [2.45, 2.75) is 13.0 Å². The summed E-state index contributed by atoms with van der Waals surface area (Å²) >= 11 is 1.54. The van der Waals surface area contributed by atoms with Gasteiger partial charge in [0.2, 0.25) is 0 Å². The molecule has 0 radical (unpaired) electrons. The van der Waals surface area contributed by atoms with Crippen LogP contribution in [0, 0.1) is 11.3 Å². The molecule has 0 bridgehead atoms. The van der Waals surface area contributed by atoms with E-state index in [0.29, 0.717) is 5.57 Å². The van der Waals surface area contributed by atoms with Gasteiger partial charge in [-0.2, -0.15) is 5.26 Å². The summed E-state index contributed by atoms with van der Waals surface area (Å²) in [6, 6.07) is 18.1. The van der Waals surface area contributed by atoms with E-state index in [4.69, 9.17) is 4.74 Å². The van der Waals surface area contributed by atoms with Gasteiger partial charge in [-0.05, 0) is 42.8 Å². The van der Waals surface area contributed by atoms with Gasteiger partial charge in [-0.25, -0.2) is 4.98 Å². The minimum atomic E-state index is -0.0994. The van der Waals surface area contributed by atoms with Crippen LogP contribution >= 0.6 is 11.3 Å². The second-order valence-corrected chi connectivity index (χ2v) is 6.63. The Morgan fingerprint density at radius 1 is 1.21 bits per heavy atom. The van der Waals surface area contributed by atoms with Gasteiger partial charge in [-0.3, -0.25) is 0 Å². The van der Waals surface area contributed by atoms with Crippen molar-refractivity contribution in [3.8, 4) is 11.8 Å². The molecular formula is C20H14N2OS. The molecule has 0 saturated heterocycles. The molecule has 2 heterocycles. The van der Waals surface area contributed by atoms with E-state index in [1.165, 1.54) is 11.3 Å². The number of fused-ring (bicyclic) bond motifs is 2. The average Bonchev–Trinajstić information content (AvgIpc) is 3.03. The van der Waals surface area contributed by atoms with Crippen LogP contribution in [0.5, 0.6) is 5.75 Å². The van der Waals surface area contributed by atoms with Gasteiger partial charge in [0, 0.05) is 5.56 Å². The van der Waals surface area contributed by atoms with Gasteiger partial charge < -0.3 is 4.74 Å². The molecule has 24 heavy (non-hydrogen) atoms. The lowest BCUT2D eigenvalue weighted by atomic mass is 10.0. The molecule has 1 atom stereocenters. The van der Waals surface area contributed by atoms with Gasteiger partial charge in [-0.15, -0.1) is 11.3 Å². The van der Waals surface area contributed by atoms with Crippen LogP contribution in [0.15, 0.2) is 60.2 Å². The summed E-state index contributed by atoms with van der Waals surface area (Å²) in [5.41, 5.74) is 3.50. The van der Waals surface area contributed by atoms with Crippen molar-refractivity contribution < 1.29 is 4.74 Å². The zero-order valence-corrected chi connectivity index (χ0v) is 13.9. The minimum absolute atomic E-state index is 0.0994. The van der Waals surface area contributed by atoms with E-state index in [-0.39, 0.29) is 6.10 Å². The maximum Gasteiger partial charge on any atom is 0.135 e. The Morgan fingerprint density at radius 3 is 2.83 bits per heavy atom. The van der Waals surface area contributed by atoms with E-state index >= 15 is 0 Å². The lowest BCUT2D eigenvalue weighted by Gasteiger charge is -2.22. The molecule has 4 rings (SSSR count). The van der Waals surface area contributed by atoms with E-state index < -0.39 is 0 Å². The summed E-state index contributed by atoms with van der Waals surface area (Å²) in [6.45, 7) is 1.99. The smallest absolute Gasteiger partial charge is 0.135 e. The summed E-state index contributed by atoms with van der Waals surface area (Å²) < 4.78 is 7.03. The highest BCUT2D eigenvalue weighted by Gasteiger charge is 2.18. The third kappa shape index (κ3) is 2.60. The topological polar surface area (TPSA) is 45.9 Å². The number of ether oxygens (including phenoxy) is 1. The second kappa shape index (κ2) is 5.95. The number of aromatic nitrogens is 1. The summed E-state index contributed by atoms with van der Waals surface area (Å²) in [7, 11) is 0. The number of thiazole rings is 1. The Hall–Kier alpha value is -2.90. The predicted molar refractivity (Wildman–Crippen MR) is 97.7 cm³/mol. The molecule has 1 unspecified atom stereocenters. The molecule has 4 heteroatoms. The fraction of sp³-hybridized carbons (Fsp3) is 0.100. The third-order valence-corrected chi connectivity index (χ3v) is 5.04. The molecule has 0 N–H and O–H groups in total. The van der Waals surface area contributed by atoms with Gasteiger partial charge in [-0.1, -0.05) is 30.3 Å². The number of para-hydroxylation sites is 2. The van der Waals surface area contributed by atoms with E-state index in [1.807, 2.05) is 61.5 Å². The number of nitriles is 1. The van der Waals surface area contributed by atoms with Crippen LogP contribution in [0.25, 0.3) is 21.9 Å². The van der Waals surface area contributed by atoms with Gasteiger partial charge in [0.15, 0.2) is 0 Å². The Balaban J connectivity index is 1.78. The molecule has 3 aromatic rings. The minimum Gasteiger partial charge on any atom is -0.485 e. The van der Waals surface area contributed by atoms with Crippen molar-refractivity contribution in [3.63, 3.8) is 0 Å². The molecule has 1 aromatic heterocycles. The number of benzene rings is 2. The van der Waals surface area contributed by atoms with Crippen LogP contribution < -0.4 is 4.74 Å². The molecule has 0 aliphatic carbocycles. The van der Waals surface area contributed by atoms with Crippen molar-refractivity contribution >= 4 is 33.2 Å². The van der Waals surface area contributed by atoms with Crippen molar-refractivity contribution in [1.82, 2.24) is 4.98 Å². The summed E-state index contributed by atoms with van der Waals surface area (Å²) in [5, 5.41) is 10.3. The first-order chi connectivity index (χ1) is 11.7. The highest BCUT2D eigenvalue weighted by Crippen LogP contribution is 2.32. The van der Waals surface area contributed by atoms with Crippen LogP contribution in [-0.4, -0.2) is 11.1 Å². The summed E-state index contributed by atoms with van der Waals surface area (Å²) in [4.78, 5) is 4.58. The van der Waals surface area contributed by atoms with Crippen molar-refractivity contribution in [1.29, 1.82) is 5.26 Å². The van der Waals surface area contributed by atoms with Gasteiger partial charge in [0.05, 0.1) is 15.8 Å². The summed E-state index contributed by atoms with van der Waals surface area (Å²) in [5.74, 6) is 0.876. The first-order valence-corrected chi connectivity index (χ1v) is 8.51. The number of hydrogen-bond donors (Lipinski definition) is 0. The van der Waals surface area contributed by atoms with Crippen LogP contribution in [-0.2, 0) is 0 Å². The van der Waals surface area contributed by atoms with Gasteiger partial charge in [0.1, 0.15) is 22.9 Å². The molecule has 1 aliphatic heterocycles. The van der Waals surface area contributed by atoms with E-state index in [1.54, 1.807) is 0 Å². The molecule has 0 fully saturated rings. The zero-order valence-electron chi connectivity index (χ0n) is 13.1. The Kier molecular flexibility index (Phi) is 3.64. The standard InChI is InChI=1S/C20H14N2OS/c1-13-15(10-14-6-2-4-8-18(14)23-13)11-16(12-21)20-22-17-7-3-5-9-19(17)24-20/h2-11,13H,1H3. The molecule has 1 aliphatic rings. The zero-order chi connectivity index (χ0) is 16.5. The quantitative estimate of drug-likeness (QED) is 0.616. The summed E-state index contributed by atoms with van der Waals surface area (Å²) in [6.07, 6.45) is 3.87. The van der Waals surface area contributed by atoms with Gasteiger partial charge >= 0.3 is 0 Å². The van der Waals surface area contributed by atoms with Crippen molar-refractivity contribution in [2.24, 2.45) is 0 Å². The maximum atomic E-state index is 9.60. The Bertz CT molecular complexity index is 990. The SMILES string of the molecule is CC1Oc2ccccc2C=C1C=C(C#N)c1nc2ccccc2s1. The van der Waals surface area contributed by atoms with Crippen LogP contribution in [0.3, 0.4) is 0 Å². The molecular weight excluding hydrogens is 316 g/mol. The largest absolute Gasteiger partial charge is 0.485 e. The molecule has 3 nitrogen and oxygen atoms in total. The van der Waals surface area contributed by atoms with E-state index in [9.17, 15) is 5.26 Å².